The van der Waals surface area contributed by atoms with Crippen LogP contribution in [-0.4, -0.2) is 32.1 Å². The summed E-state index contributed by atoms with van der Waals surface area (Å²) in [5.41, 5.74) is 1.41. The zero-order valence-corrected chi connectivity index (χ0v) is 14.9. The molecule has 0 spiro atoms. The van der Waals surface area contributed by atoms with Gasteiger partial charge >= 0.3 is 0 Å². The predicted molar refractivity (Wildman–Crippen MR) is 97.5 cm³/mol. The molecule has 3 aromatic rings. The van der Waals surface area contributed by atoms with Crippen molar-refractivity contribution in [2.24, 2.45) is 0 Å². The number of furan rings is 1. The van der Waals surface area contributed by atoms with Crippen LogP contribution in [0.15, 0.2) is 40.9 Å². The van der Waals surface area contributed by atoms with Crippen molar-refractivity contribution >= 4 is 34.3 Å². The second-order valence-electron chi connectivity index (χ2n) is 5.70. The first-order valence-electron chi connectivity index (χ1n) is 7.66. The monoisotopic (exact) mass is 359 g/mol. The van der Waals surface area contributed by atoms with Crippen LogP contribution in [0.2, 0.25) is 5.02 Å². The molecule has 1 aromatic carbocycles. The third-order valence-electron chi connectivity index (χ3n) is 3.72. The first-order chi connectivity index (χ1) is 12.0. The lowest BCUT2D eigenvalue weighted by atomic mass is 10.2. The summed E-state index contributed by atoms with van der Waals surface area (Å²) in [5, 5.41) is 4.08. The van der Waals surface area contributed by atoms with Gasteiger partial charge in [0.1, 0.15) is 5.82 Å². The molecule has 0 radical (unpaired) electrons. The van der Waals surface area contributed by atoms with E-state index in [9.17, 15) is 4.79 Å². The second-order valence-corrected chi connectivity index (χ2v) is 6.14. The van der Waals surface area contributed by atoms with Crippen LogP contribution in [0.5, 0.6) is 5.75 Å². The normalized spacial score (nSPS) is 10.7. The van der Waals surface area contributed by atoms with Crippen molar-refractivity contribution in [1.82, 2.24) is 10.3 Å². The number of rotatable bonds is 5. The van der Waals surface area contributed by atoms with Gasteiger partial charge in [-0.1, -0.05) is 17.7 Å². The standard InChI is InChI=1S/C18H18ClN3O3/c1-22(2)17-11(5-4-6-20-17)10-21-18(23)15-8-12-7-13(19)9-14(24-3)16(12)25-15/h4-9H,10H2,1-3H3,(H,21,23). The van der Waals surface area contributed by atoms with Crippen LogP contribution in [-0.2, 0) is 6.54 Å². The number of nitrogens with zero attached hydrogens (tertiary/aromatic N) is 2. The fraction of sp³-hybridized carbons (Fsp3) is 0.222. The van der Waals surface area contributed by atoms with Gasteiger partial charge in [0, 0.05) is 48.9 Å². The third-order valence-corrected chi connectivity index (χ3v) is 3.94. The fourth-order valence-corrected chi connectivity index (χ4v) is 2.80. The average molecular weight is 360 g/mol. The first-order valence-corrected chi connectivity index (χ1v) is 8.04. The molecule has 1 amide bonds. The highest BCUT2D eigenvalue weighted by atomic mass is 35.5. The minimum absolute atomic E-state index is 0.200. The number of ether oxygens (including phenoxy) is 1. The maximum absolute atomic E-state index is 12.4. The number of fused-ring (bicyclic) bond motifs is 1. The Bertz CT molecular complexity index is 921. The molecule has 0 aliphatic rings. The molecule has 0 aliphatic carbocycles. The number of amides is 1. The maximum atomic E-state index is 12.4. The molecule has 0 saturated heterocycles. The van der Waals surface area contributed by atoms with Gasteiger partial charge in [0.25, 0.3) is 5.91 Å². The van der Waals surface area contributed by atoms with Gasteiger partial charge in [-0.3, -0.25) is 4.79 Å². The molecular formula is C18H18ClN3O3. The highest BCUT2D eigenvalue weighted by molar-refractivity contribution is 6.31. The molecule has 0 saturated carbocycles. The molecule has 2 heterocycles. The van der Waals surface area contributed by atoms with Gasteiger partial charge in [0.15, 0.2) is 17.1 Å². The van der Waals surface area contributed by atoms with Crippen molar-refractivity contribution in [3.63, 3.8) is 0 Å². The van der Waals surface area contributed by atoms with Crippen molar-refractivity contribution in [1.29, 1.82) is 0 Å². The number of benzene rings is 1. The Morgan fingerprint density at radius 3 is 2.88 bits per heavy atom. The average Bonchev–Trinajstić information content (AvgIpc) is 3.03. The first kappa shape index (κ1) is 17.1. The Balaban J connectivity index is 1.81. The van der Waals surface area contributed by atoms with Gasteiger partial charge in [0.05, 0.1) is 7.11 Å². The molecule has 130 valence electrons. The summed E-state index contributed by atoms with van der Waals surface area (Å²) in [6.45, 7) is 0.342. The lowest BCUT2D eigenvalue weighted by Gasteiger charge is -2.15. The molecule has 0 bridgehead atoms. The van der Waals surface area contributed by atoms with Crippen LogP contribution in [0.4, 0.5) is 5.82 Å². The van der Waals surface area contributed by atoms with E-state index in [0.29, 0.717) is 28.3 Å². The van der Waals surface area contributed by atoms with E-state index in [4.69, 9.17) is 20.8 Å². The smallest absolute Gasteiger partial charge is 0.287 e. The number of carbonyl (C=O) groups excluding carboxylic acids is 1. The van der Waals surface area contributed by atoms with Gasteiger partial charge in [-0.2, -0.15) is 0 Å². The summed E-state index contributed by atoms with van der Waals surface area (Å²) in [6.07, 6.45) is 1.72. The molecule has 3 rings (SSSR count). The Morgan fingerprint density at radius 1 is 1.36 bits per heavy atom. The van der Waals surface area contributed by atoms with E-state index >= 15 is 0 Å². The molecule has 0 unspecified atom stereocenters. The van der Waals surface area contributed by atoms with Crippen molar-refractivity contribution in [2.45, 2.75) is 6.54 Å². The van der Waals surface area contributed by atoms with Crippen molar-refractivity contribution in [3.8, 4) is 5.75 Å². The zero-order valence-electron chi connectivity index (χ0n) is 14.2. The van der Waals surface area contributed by atoms with E-state index in [2.05, 4.69) is 10.3 Å². The van der Waals surface area contributed by atoms with E-state index in [-0.39, 0.29) is 11.7 Å². The SMILES string of the molecule is COc1cc(Cl)cc2cc(C(=O)NCc3cccnc3N(C)C)oc12. The van der Waals surface area contributed by atoms with Crippen LogP contribution in [0.25, 0.3) is 11.0 Å². The summed E-state index contributed by atoms with van der Waals surface area (Å²) >= 11 is 6.05. The summed E-state index contributed by atoms with van der Waals surface area (Å²) < 4.78 is 10.9. The van der Waals surface area contributed by atoms with Crippen molar-refractivity contribution in [3.05, 3.63) is 52.9 Å². The molecule has 0 atom stereocenters. The number of aromatic nitrogens is 1. The van der Waals surface area contributed by atoms with E-state index < -0.39 is 0 Å². The Kier molecular flexibility index (Phi) is 4.81. The van der Waals surface area contributed by atoms with Gasteiger partial charge in [-0.25, -0.2) is 4.98 Å². The van der Waals surface area contributed by atoms with Crippen LogP contribution >= 0.6 is 11.6 Å². The Morgan fingerprint density at radius 2 is 2.16 bits per heavy atom. The van der Waals surface area contributed by atoms with Crippen LogP contribution in [0, 0.1) is 0 Å². The lowest BCUT2D eigenvalue weighted by Crippen LogP contribution is -2.24. The lowest BCUT2D eigenvalue weighted by molar-refractivity contribution is 0.0925. The highest BCUT2D eigenvalue weighted by Gasteiger charge is 2.16. The Labute approximate surface area is 150 Å². The number of anilines is 1. The molecular weight excluding hydrogens is 342 g/mol. The van der Waals surface area contributed by atoms with E-state index in [1.165, 1.54) is 7.11 Å². The number of hydrogen-bond acceptors (Lipinski definition) is 5. The van der Waals surface area contributed by atoms with Crippen LogP contribution < -0.4 is 15.0 Å². The highest BCUT2D eigenvalue weighted by Crippen LogP contribution is 2.32. The number of pyridine rings is 1. The minimum atomic E-state index is -0.317. The number of carbonyl (C=O) groups is 1. The molecule has 0 aliphatic heterocycles. The van der Waals surface area contributed by atoms with E-state index in [1.807, 2.05) is 31.1 Å². The van der Waals surface area contributed by atoms with Crippen molar-refractivity contribution < 1.29 is 13.9 Å². The molecule has 0 fully saturated rings. The molecule has 6 nitrogen and oxygen atoms in total. The van der Waals surface area contributed by atoms with Gasteiger partial charge in [-0.15, -0.1) is 0 Å². The maximum Gasteiger partial charge on any atom is 0.287 e. The van der Waals surface area contributed by atoms with Crippen molar-refractivity contribution in [2.75, 3.05) is 26.1 Å². The molecule has 2 aromatic heterocycles. The second kappa shape index (κ2) is 7.03. The number of nitrogens with one attached hydrogen (secondary N) is 1. The summed E-state index contributed by atoms with van der Waals surface area (Å²) in [7, 11) is 5.34. The number of hydrogen-bond donors (Lipinski definition) is 1. The van der Waals surface area contributed by atoms with Crippen LogP contribution in [0.1, 0.15) is 16.1 Å². The van der Waals surface area contributed by atoms with Crippen LogP contribution in [0.3, 0.4) is 0 Å². The Hall–Kier alpha value is -2.73. The summed E-state index contributed by atoms with van der Waals surface area (Å²) in [4.78, 5) is 18.7. The van der Waals surface area contributed by atoms with Gasteiger partial charge in [0.2, 0.25) is 0 Å². The third kappa shape index (κ3) is 3.53. The molecule has 7 heteroatoms. The predicted octanol–water partition coefficient (Wildman–Crippen LogP) is 3.49. The summed E-state index contributed by atoms with van der Waals surface area (Å²) in [5.74, 6) is 1.18. The molecule has 1 N–H and O–H groups in total. The minimum Gasteiger partial charge on any atom is -0.493 e. The summed E-state index contributed by atoms with van der Waals surface area (Å²) in [6, 6.07) is 8.78. The fourth-order valence-electron chi connectivity index (χ4n) is 2.58. The largest absolute Gasteiger partial charge is 0.493 e. The zero-order chi connectivity index (χ0) is 18.0. The topological polar surface area (TPSA) is 67.6 Å². The molecule has 25 heavy (non-hydrogen) atoms. The number of methoxy groups -OCH3 is 1. The quantitative estimate of drug-likeness (QED) is 0.755. The van der Waals surface area contributed by atoms with E-state index in [0.717, 1.165) is 11.4 Å². The van der Waals surface area contributed by atoms with E-state index in [1.54, 1.807) is 24.4 Å². The number of halogens is 1. The van der Waals surface area contributed by atoms with Gasteiger partial charge < -0.3 is 19.4 Å². The van der Waals surface area contributed by atoms with Gasteiger partial charge in [-0.05, 0) is 18.2 Å².